The molecule has 0 aromatic heterocycles. The van der Waals surface area contributed by atoms with Crippen LogP contribution in [0.5, 0.6) is 0 Å². The lowest BCUT2D eigenvalue weighted by Crippen LogP contribution is -2.31. The molecule has 6 heteroatoms. The van der Waals surface area contributed by atoms with Gasteiger partial charge in [-0.1, -0.05) is 36.4 Å². The Morgan fingerprint density at radius 1 is 1.08 bits per heavy atom. The fourth-order valence-electron chi connectivity index (χ4n) is 3.24. The van der Waals surface area contributed by atoms with Gasteiger partial charge in [0.15, 0.2) is 0 Å². The van der Waals surface area contributed by atoms with Gasteiger partial charge < -0.3 is 10.0 Å². The number of carbonyl (C=O) groups excluding carboxylic acids is 1. The summed E-state index contributed by atoms with van der Waals surface area (Å²) in [5, 5.41) is 9.47. The van der Waals surface area contributed by atoms with E-state index in [2.05, 4.69) is 0 Å². The Kier molecular flexibility index (Phi) is 4.79. The number of halogens is 2. The standard InChI is InChI=1S/C19H17F2NO3/c20-14-7-6-13(17(21)9-14)8-18(23)22-10-15(16(11-22)19(24)25)12-4-2-1-3-5-12/h1-7,9,15-16H,8,10-11H2,(H,24,25)/t15-,16-/m1/s1. The van der Waals surface area contributed by atoms with E-state index in [4.69, 9.17) is 0 Å². The third-order valence-corrected chi connectivity index (χ3v) is 4.57. The Morgan fingerprint density at radius 2 is 1.80 bits per heavy atom. The summed E-state index contributed by atoms with van der Waals surface area (Å²) in [6.45, 7) is 0.346. The van der Waals surface area contributed by atoms with Crippen LogP contribution in [0.3, 0.4) is 0 Å². The predicted molar refractivity (Wildman–Crippen MR) is 87.0 cm³/mol. The van der Waals surface area contributed by atoms with Crippen molar-refractivity contribution < 1.29 is 23.5 Å². The number of rotatable bonds is 4. The normalized spacial score (nSPS) is 19.8. The highest BCUT2D eigenvalue weighted by Crippen LogP contribution is 2.33. The van der Waals surface area contributed by atoms with Crippen LogP contribution < -0.4 is 0 Å². The second-order valence-electron chi connectivity index (χ2n) is 6.17. The number of carbonyl (C=O) groups is 2. The molecule has 0 spiro atoms. The van der Waals surface area contributed by atoms with Crippen molar-refractivity contribution in [1.29, 1.82) is 0 Å². The minimum Gasteiger partial charge on any atom is -0.481 e. The van der Waals surface area contributed by atoms with Gasteiger partial charge in [-0.15, -0.1) is 0 Å². The zero-order chi connectivity index (χ0) is 18.0. The number of likely N-dealkylation sites (tertiary alicyclic amines) is 1. The van der Waals surface area contributed by atoms with E-state index in [1.807, 2.05) is 30.3 Å². The van der Waals surface area contributed by atoms with Crippen molar-refractivity contribution in [2.45, 2.75) is 12.3 Å². The Bertz CT molecular complexity index is 795. The maximum atomic E-state index is 13.7. The van der Waals surface area contributed by atoms with Gasteiger partial charge in [0.25, 0.3) is 0 Å². The quantitative estimate of drug-likeness (QED) is 0.927. The Balaban J connectivity index is 1.76. The smallest absolute Gasteiger partial charge is 0.308 e. The van der Waals surface area contributed by atoms with Gasteiger partial charge in [-0.2, -0.15) is 0 Å². The molecule has 1 saturated heterocycles. The van der Waals surface area contributed by atoms with Crippen LogP contribution in [0.15, 0.2) is 48.5 Å². The van der Waals surface area contributed by atoms with Crippen molar-refractivity contribution in [3.63, 3.8) is 0 Å². The summed E-state index contributed by atoms with van der Waals surface area (Å²) in [4.78, 5) is 25.5. The van der Waals surface area contributed by atoms with E-state index in [-0.39, 0.29) is 36.9 Å². The minimum atomic E-state index is -0.961. The number of aliphatic carboxylic acids is 1. The maximum Gasteiger partial charge on any atom is 0.308 e. The van der Waals surface area contributed by atoms with Gasteiger partial charge >= 0.3 is 5.97 Å². The summed E-state index contributed by atoms with van der Waals surface area (Å²) >= 11 is 0. The first-order valence-electron chi connectivity index (χ1n) is 7.95. The molecule has 2 aromatic rings. The van der Waals surface area contributed by atoms with Crippen molar-refractivity contribution in [2.24, 2.45) is 5.92 Å². The molecule has 1 amide bonds. The summed E-state index contributed by atoms with van der Waals surface area (Å²) in [7, 11) is 0. The fourth-order valence-corrected chi connectivity index (χ4v) is 3.24. The zero-order valence-corrected chi connectivity index (χ0v) is 13.4. The molecule has 1 aliphatic heterocycles. The zero-order valence-electron chi connectivity index (χ0n) is 13.4. The van der Waals surface area contributed by atoms with Gasteiger partial charge in [-0.3, -0.25) is 9.59 Å². The molecule has 1 heterocycles. The second-order valence-corrected chi connectivity index (χ2v) is 6.17. The lowest BCUT2D eigenvalue weighted by atomic mass is 9.89. The van der Waals surface area contributed by atoms with E-state index < -0.39 is 23.5 Å². The van der Waals surface area contributed by atoms with E-state index in [9.17, 15) is 23.5 Å². The van der Waals surface area contributed by atoms with Gasteiger partial charge in [-0.25, -0.2) is 8.78 Å². The number of hydrogen-bond donors (Lipinski definition) is 1. The van der Waals surface area contributed by atoms with E-state index in [1.165, 1.54) is 11.0 Å². The van der Waals surface area contributed by atoms with Gasteiger partial charge in [0.1, 0.15) is 11.6 Å². The molecule has 25 heavy (non-hydrogen) atoms. The van der Waals surface area contributed by atoms with Gasteiger partial charge in [0, 0.05) is 25.1 Å². The van der Waals surface area contributed by atoms with Gasteiger partial charge in [0.05, 0.1) is 12.3 Å². The van der Waals surface area contributed by atoms with E-state index in [0.717, 1.165) is 17.7 Å². The van der Waals surface area contributed by atoms with E-state index >= 15 is 0 Å². The van der Waals surface area contributed by atoms with Crippen LogP contribution in [-0.4, -0.2) is 35.0 Å². The van der Waals surface area contributed by atoms with Crippen molar-refractivity contribution in [3.8, 4) is 0 Å². The lowest BCUT2D eigenvalue weighted by molar-refractivity contribution is -0.141. The third-order valence-electron chi connectivity index (χ3n) is 4.57. The summed E-state index contributed by atoms with van der Waals surface area (Å²) in [5.41, 5.74) is 0.958. The van der Waals surface area contributed by atoms with Crippen LogP contribution in [0.2, 0.25) is 0 Å². The average molecular weight is 345 g/mol. The maximum absolute atomic E-state index is 13.7. The van der Waals surface area contributed by atoms with Crippen molar-refractivity contribution in [3.05, 3.63) is 71.3 Å². The van der Waals surface area contributed by atoms with Crippen molar-refractivity contribution in [1.82, 2.24) is 4.90 Å². The molecule has 0 radical (unpaired) electrons. The van der Waals surface area contributed by atoms with Crippen LogP contribution in [-0.2, 0) is 16.0 Å². The van der Waals surface area contributed by atoms with Crippen molar-refractivity contribution >= 4 is 11.9 Å². The average Bonchev–Trinajstić information content (AvgIpc) is 3.04. The highest BCUT2D eigenvalue weighted by molar-refractivity contribution is 5.81. The molecule has 4 nitrogen and oxygen atoms in total. The van der Waals surface area contributed by atoms with Crippen LogP contribution in [0.4, 0.5) is 8.78 Å². The molecular formula is C19H17F2NO3. The third kappa shape index (κ3) is 3.68. The highest BCUT2D eigenvalue weighted by Gasteiger charge is 2.40. The molecule has 0 bridgehead atoms. The molecule has 3 rings (SSSR count). The SMILES string of the molecule is O=C(O)[C@@H]1CN(C(=O)Cc2ccc(F)cc2F)C[C@@H]1c1ccccc1. The number of carboxylic acid groups (broad SMARTS) is 1. The topological polar surface area (TPSA) is 57.6 Å². The Hall–Kier alpha value is -2.76. The minimum absolute atomic E-state index is 0.0799. The predicted octanol–water partition coefficient (Wildman–Crippen LogP) is 2.83. The fraction of sp³-hybridized carbons (Fsp3) is 0.263. The highest BCUT2D eigenvalue weighted by atomic mass is 19.1. The molecule has 0 saturated carbocycles. The molecule has 2 aromatic carbocycles. The first-order valence-corrected chi connectivity index (χ1v) is 7.95. The van der Waals surface area contributed by atoms with Crippen LogP contribution in [0.1, 0.15) is 17.0 Å². The summed E-state index contributed by atoms with van der Waals surface area (Å²) in [6.07, 6.45) is -0.222. The summed E-state index contributed by atoms with van der Waals surface area (Å²) in [6, 6.07) is 12.3. The number of amides is 1. The van der Waals surface area contributed by atoms with Crippen LogP contribution >= 0.6 is 0 Å². The number of carboxylic acids is 1. The number of hydrogen-bond acceptors (Lipinski definition) is 2. The number of nitrogens with zero attached hydrogens (tertiary/aromatic N) is 1. The summed E-state index contributed by atoms with van der Waals surface area (Å²) < 4.78 is 26.7. The van der Waals surface area contributed by atoms with Crippen molar-refractivity contribution in [2.75, 3.05) is 13.1 Å². The first-order chi connectivity index (χ1) is 12.0. The largest absolute Gasteiger partial charge is 0.481 e. The van der Waals surface area contributed by atoms with Crippen LogP contribution in [0, 0.1) is 17.6 Å². The summed E-state index contributed by atoms with van der Waals surface area (Å²) in [5.74, 6) is -3.82. The van der Waals surface area contributed by atoms with E-state index in [1.54, 1.807) is 0 Å². The Labute approximate surface area is 143 Å². The van der Waals surface area contributed by atoms with Gasteiger partial charge in [0.2, 0.25) is 5.91 Å². The number of benzene rings is 2. The Morgan fingerprint density at radius 3 is 2.44 bits per heavy atom. The molecule has 1 fully saturated rings. The first kappa shape index (κ1) is 17.1. The van der Waals surface area contributed by atoms with Crippen LogP contribution in [0.25, 0.3) is 0 Å². The second kappa shape index (κ2) is 7.01. The molecule has 0 unspecified atom stereocenters. The molecule has 0 aliphatic carbocycles. The molecular weight excluding hydrogens is 328 g/mol. The molecule has 1 N–H and O–H groups in total. The molecule has 1 aliphatic rings. The van der Waals surface area contributed by atoms with E-state index in [0.29, 0.717) is 0 Å². The monoisotopic (exact) mass is 345 g/mol. The molecule has 2 atom stereocenters. The van der Waals surface area contributed by atoms with Gasteiger partial charge in [-0.05, 0) is 17.2 Å². The molecule has 130 valence electrons. The lowest BCUT2D eigenvalue weighted by Gasteiger charge is -2.17.